The number of guanidine groups is 1. The van der Waals surface area contributed by atoms with E-state index in [1.807, 2.05) is 12.4 Å². The van der Waals surface area contributed by atoms with E-state index in [9.17, 15) is 0 Å². The van der Waals surface area contributed by atoms with Crippen molar-refractivity contribution in [3.63, 3.8) is 0 Å². The maximum Gasteiger partial charge on any atom is 0.191 e. The highest BCUT2D eigenvalue weighted by Gasteiger charge is 2.19. The molecule has 0 atom stereocenters. The van der Waals surface area contributed by atoms with Gasteiger partial charge in [0, 0.05) is 32.2 Å². The summed E-state index contributed by atoms with van der Waals surface area (Å²) in [6.45, 7) is 10.3. The molecule has 4 rings (SSSR count). The second-order valence-corrected chi connectivity index (χ2v) is 8.63. The number of aliphatic imine (C=N–C) groups is 1. The van der Waals surface area contributed by atoms with Crippen LogP contribution >= 0.6 is 24.0 Å². The van der Waals surface area contributed by atoms with E-state index in [0.29, 0.717) is 12.6 Å². The Balaban J connectivity index is 0.00000306. The van der Waals surface area contributed by atoms with E-state index >= 15 is 0 Å². The van der Waals surface area contributed by atoms with Gasteiger partial charge in [0.25, 0.3) is 0 Å². The molecular weight excluding hydrogens is 523 g/mol. The topological polar surface area (TPSA) is 57.5 Å². The first-order valence-electron chi connectivity index (χ1n) is 12.0. The molecule has 0 aliphatic carbocycles. The van der Waals surface area contributed by atoms with Crippen molar-refractivity contribution in [1.29, 1.82) is 0 Å². The van der Waals surface area contributed by atoms with Crippen LogP contribution in [0.3, 0.4) is 0 Å². The highest BCUT2D eigenvalue weighted by atomic mass is 127. The third-order valence-electron chi connectivity index (χ3n) is 6.14. The Hall–Kier alpha value is -2.13. The molecule has 7 heteroatoms. The Bertz CT molecular complexity index is 1010. The number of fused-ring (bicyclic) bond motifs is 1. The summed E-state index contributed by atoms with van der Waals surface area (Å²) < 4.78 is 2.20. The molecule has 1 aliphatic heterocycles. The third-order valence-corrected chi connectivity index (χ3v) is 6.14. The molecule has 0 spiro atoms. The summed E-state index contributed by atoms with van der Waals surface area (Å²) in [6, 6.07) is 17.5. The molecule has 1 aromatic heterocycles. The SMILES string of the molecule is CCCN1CCC(NC(=NCc2ccc(Cn3cnc4ccccc43)cc2)NCC)CC1.I. The lowest BCUT2D eigenvalue weighted by atomic mass is 10.1. The van der Waals surface area contributed by atoms with Crippen molar-refractivity contribution in [2.75, 3.05) is 26.2 Å². The van der Waals surface area contributed by atoms with Gasteiger partial charge in [0.05, 0.1) is 23.9 Å². The van der Waals surface area contributed by atoms with Gasteiger partial charge in [0.15, 0.2) is 5.96 Å². The molecule has 1 aliphatic rings. The average molecular weight is 561 g/mol. The number of imidazole rings is 1. The normalized spacial score (nSPS) is 15.4. The summed E-state index contributed by atoms with van der Waals surface area (Å²) >= 11 is 0. The average Bonchev–Trinajstić information content (AvgIpc) is 3.23. The van der Waals surface area contributed by atoms with Crippen molar-refractivity contribution < 1.29 is 0 Å². The van der Waals surface area contributed by atoms with Crippen LogP contribution in [0.4, 0.5) is 0 Å². The number of benzene rings is 2. The number of piperidine rings is 1. The highest BCUT2D eigenvalue weighted by Crippen LogP contribution is 2.15. The molecule has 1 saturated heterocycles. The Morgan fingerprint density at radius 3 is 2.48 bits per heavy atom. The number of para-hydroxylation sites is 2. The molecule has 0 saturated carbocycles. The second kappa shape index (κ2) is 12.9. The maximum atomic E-state index is 4.85. The third kappa shape index (κ3) is 7.17. The minimum absolute atomic E-state index is 0. The summed E-state index contributed by atoms with van der Waals surface area (Å²) in [5.74, 6) is 0.926. The van der Waals surface area contributed by atoms with E-state index in [1.165, 1.54) is 55.5 Å². The van der Waals surface area contributed by atoms with Crippen molar-refractivity contribution in [3.05, 3.63) is 66.0 Å². The highest BCUT2D eigenvalue weighted by molar-refractivity contribution is 14.0. The second-order valence-electron chi connectivity index (χ2n) is 8.63. The fourth-order valence-corrected chi connectivity index (χ4v) is 4.38. The number of nitrogens with one attached hydrogen (secondary N) is 2. The summed E-state index contributed by atoms with van der Waals surface area (Å²) in [6.07, 6.45) is 5.52. The summed E-state index contributed by atoms with van der Waals surface area (Å²) in [5, 5.41) is 7.06. The van der Waals surface area contributed by atoms with Crippen molar-refractivity contribution in [3.8, 4) is 0 Å². The molecule has 178 valence electrons. The molecule has 0 bridgehead atoms. The molecule has 0 unspecified atom stereocenters. The first-order chi connectivity index (χ1) is 15.7. The van der Waals surface area contributed by atoms with E-state index in [2.05, 4.69) is 81.4 Å². The number of likely N-dealkylation sites (tertiary alicyclic amines) is 1. The molecule has 2 N–H and O–H groups in total. The summed E-state index contributed by atoms with van der Waals surface area (Å²) in [5.41, 5.74) is 4.70. The van der Waals surface area contributed by atoms with E-state index < -0.39 is 0 Å². The number of hydrogen-bond acceptors (Lipinski definition) is 3. The van der Waals surface area contributed by atoms with Gasteiger partial charge >= 0.3 is 0 Å². The van der Waals surface area contributed by atoms with E-state index in [4.69, 9.17) is 4.99 Å². The van der Waals surface area contributed by atoms with Gasteiger partial charge in [-0.25, -0.2) is 9.98 Å². The molecular formula is C26H37IN6. The van der Waals surface area contributed by atoms with Gasteiger partial charge < -0.3 is 20.1 Å². The molecule has 33 heavy (non-hydrogen) atoms. The van der Waals surface area contributed by atoms with Crippen molar-refractivity contribution in [1.82, 2.24) is 25.1 Å². The fraction of sp³-hybridized carbons (Fsp3) is 0.462. The van der Waals surface area contributed by atoms with E-state index in [-0.39, 0.29) is 24.0 Å². The number of nitrogens with zero attached hydrogens (tertiary/aromatic N) is 4. The van der Waals surface area contributed by atoms with Gasteiger partial charge in [0.2, 0.25) is 0 Å². The Morgan fingerprint density at radius 2 is 1.76 bits per heavy atom. The molecule has 3 aromatic rings. The predicted octanol–water partition coefficient (Wildman–Crippen LogP) is 4.63. The van der Waals surface area contributed by atoms with Gasteiger partial charge in [-0.3, -0.25) is 0 Å². The zero-order valence-corrected chi connectivity index (χ0v) is 22.2. The summed E-state index contributed by atoms with van der Waals surface area (Å²) in [7, 11) is 0. The first-order valence-corrected chi connectivity index (χ1v) is 12.0. The number of halogens is 1. The number of rotatable bonds is 8. The van der Waals surface area contributed by atoms with Gasteiger partial charge in [-0.15, -0.1) is 24.0 Å². The van der Waals surface area contributed by atoms with E-state index in [1.54, 1.807) is 0 Å². The van der Waals surface area contributed by atoms with Crippen molar-refractivity contribution in [2.45, 2.75) is 52.2 Å². The van der Waals surface area contributed by atoms with Gasteiger partial charge in [-0.05, 0) is 56.0 Å². The molecule has 6 nitrogen and oxygen atoms in total. The van der Waals surface area contributed by atoms with Crippen LogP contribution in [-0.4, -0.2) is 52.6 Å². The minimum atomic E-state index is 0. The lowest BCUT2D eigenvalue weighted by Gasteiger charge is -2.32. The van der Waals surface area contributed by atoms with Crippen molar-refractivity contribution >= 4 is 41.0 Å². The van der Waals surface area contributed by atoms with Crippen LogP contribution in [0, 0.1) is 0 Å². The lowest BCUT2D eigenvalue weighted by molar-refractivity contribution is 0.206. The van der Waals surface area contributed by atoms with Crippen LogP contribution in [0.25, 0.3) is 11.0 Å². The zero-order chi connectivity index (χ0) is 22.2. The smallest absolute Gasteiger partial charge is 0.191 e. The molecule has 0 amide bonds. The summed E-state index contributed by atoms with van der Waals surface area (Å²) in [4.78, 5) is 11.9. The largest absolute Gasteiger partial charge is 0.357 e. The van der Waals surface area contributed by atoms with Crippen LogP contribution in [0.2, 0.25) is 0 Å². The van der Waals surface area contributed by atoms with Crippen LogP contribution in [-0.2, 0) is 13.1 Å². The quantitative estimate of drug-likeness (QED) is 0.240. The van der Waals surface area contributed by atoms with Crippen LogP contribution in [0.1, 0.15) is 44.2 Å². The standard InChI is InChI=1S/C26H36N6.HI/c1-3-15-31-16-13-23(14-17-31)30-26(27-4-2)28-18-21-9-11-22(12-10-21)19-32-20-29-24-7-5-6-8-25(24)32;/h5-12,20,23H,3-4,13-19H2,1-2H3,(H2,27,28,30);1H. The van der Waals surface area contributed by atoms with Crippen molar-refractivity contribution in [2.24, 2.45) is 4.99 Å². The minimum Gasteiger partial charge on any atom is -0.357 e. The van der Waals surface area contributed by atoms with Gasteiger partial charge in [0.1, 0.15) is 0 Å². The fourth-order valence-electron chi connectivity index (χ4n) is 4.38. The lowest BCUT2D eigenvalue weighted by Crippen LogP contribution is -2.48. The zero-order valence-electron chi connectivity index (χ0n) is 19.8. The monoisotopic (exact) mass is 560 g/mol. The van der Waals surface area contributed by atoms with Gasteiger partial charge in [-0.2, -0.15) is 0 Å². The maximum absolute atomic E-state index is 4.85. The first kappa shape index (κ1) is 25.5. The van der Waals surface area contributed by atoms with Crippen LogP contribution < -0.4 is 10.6 Å². The molecule has 0 radical (unpaired) electrons. The number of hydrogen-bond donors (Lipinski definition) is 2. The Labute approximate surface area is 214 Å². The van der Waals surface area contributed by atoms with Crippen LogP contribution in [0.15, 0.2) is 59.9 Å². The van der Waals surface area contributed by atoms with Crippen LogP contribution in [0.5, 0.6) is 0 Å². The van der Waals surface area contributed by atoms with Gasteiger partial charge in [-0.1, -0.05) is 43.3 Å². The van der Waals surface area contributed by atoms with E-state index in [0.717, 1.165) is 24.6 Å². The number of aromatic nitrogens is 2. The molecule has 2 aromatic carbocycles. The molecule has 1 fully saturated rings. The Morgan fingerprint density at radius 1 is 1.03 bits per heavy atom. The predicted molar refractivity (Wildman–Crippen MR) is 148 cm³/mol. The molecule has 2 heterocycles. The Kier molecular flexibility index (Phi) is 9.99.